The number of amides is 1. The molecule has 1 saturated heterocycles. The third-order valence-corrected chi connectivity index (χ3v) is 4.62. The molecule has 27 heavy (non-hydrogen) atoms. The molecule has 1 amide bonds. The molecule has 1 aromatic carbocycles. The van der Waals surface area contributed by atoms with Gasteiger partial charge in [0, 0.05) is 25.2 Å². The van der Waals surface area contributed by atoms with Crippen molar-refractivity contribution < 1.29 is 19.1 Å². The van der Waals surface area contributed by atoms with Gasteiger partial charge in [-0.15, -0.1) is 0 Å². The third kappa shape index (κ3) is 6.24. The molecule has 1 aliphatic rings. The number of nitrogens with one attached hydrogen (secondary N) is 1. The summed E-state index contributed by atoms with van der Waals surface area (Å²) in [4.78, 5) is 26.6. The van der Waals surface area contributed by atoms with Gasteiger partial charge in [-0.05, 0) is 46.6 Å². The van der Waals surface area contributed by atoms with Crippen molar-refractivity contribution in [3.8, 4) is 0 Å². The second-order valence-corrected chi connectivity index (χ2v) is 7.98. The molecule has 0 bridgehead atoms. The van der Waals surface area contributed by atoms with Gasteiger partial charge in [0.2, 0.25) is 0 Å². The van der Waals surface area contributed by atoms with E-state index in [-0.39, 0.29) is 30.1 Å². The van der Waals surface area contributed by atoms with Crippen LogP contribution in [0.4, 0.5) is 4.79 Å². The third-order valence-electron chi connectivity index (χ3n) is 4.62. The van der Waals surface area contributed by atoms with Gasteiger partial charge in [-0.3, -0.25) is 4.79 Å². The van der Waals surface area contributed by atoms with E-state index in [1.165, 1.54) is 0 Å². The largest absolute Gasteiger partial charge is 0.466 e. The van der Waals surface area contributed by atoms with Gasteiger partial charge < -0.3 is 19.7 Å². The summed E-state index contributed by atoms with van der Waals surface area (Å²) in [7, 11) is 0. The highest BCUT2D eigenvalue weighted by molar-refractivity contribution is 5.74. The number of hydrogen-bond acceptors (Lipinski definition) is 5. The summed E-state index contributed by atoms with van der Waals surface area (Å²) in [5.74, 6) is -0.492. The fourth-order valence-electron chi connectivity index (χ4n) is 3.30. The lowest BCUT2D eigenvalue weighted by Crippen LogP contribution is -2.56. The van der Waals surface area contributed by atoms with Crippen molar-refractivity contribution in [1.82, 2.24) is 10.2 Å². The number of hydrogen-bond donors (Lipinski definition) is 1. The first-order valence-electron chi connectivity index (χ1n) is 9.67. The van der Waals surface area contributed by atoms with Crippen LogP contribution < -0.4 is 5.32 Å². The molecule has 150 valence electrons. The Hall–Kier alpha value is -2.08. The predicted octanol–water partition coefficient (Wildman–Crippen LogP) is 3.53. The maximum atomic E-state index is 12.5. The molecule has 1 fully saturated rings. The molecule has 1 aliphatic heterocycles. The van der Waals surface area contributed by atoms with E-state index in [9.17, 15) is 9.59 Å². The number of carbonyl (C=O) groups excluding carboxylic acids is 2. The summed E-state index contributed by atoms with van der Waals surface area (Å²) in [6.07, 6.45) is 0.209. The quantitative estimate of drug-likeness (QED) is 0.797. The zero-order chi connectivity index (χ0) is 20.0. The van der Waals surface area contributed by atoms with E-state index < -0.39 is 5.60 Å². The van der Waals surface area contributed by atoms with Crippen molar-refractivity contribution >= 4 is 12.1 Å². The second-order valence-electron chi connectivity index (χ2n) is 7.98. The van der Waals surface area contributed by atoms with Gasteiger partial charge in [0.05, 0.1) is 12.5 Å². The van der Waals surface area contributed by atoms with Crippen LogP contribution in [0.2, 0.25) is 0 Å². The zero-order valence-electron chi connectivity index (χ0n) is 17.0. The number of piperidine rings is 1. The molecule has 3 unspecified atom stereocenters. The van der Waals surface area contributed by atoms with Crippen molar-refractivity contribution in [2.45, 2.75) is 58.7 Å². The maximum Gasteiger partial charge on any atom is 0.410 e. The molecule has 2 rings (SSSR count). The van der Waals surface area contributed by atoms with E-state index in [0.717, 1.165) is 5.56 Å². The van der Waals surface area contributed by atoms with Gasteiger partial charge in [-0.25, -0.2) is 4.79 Å². The minimum atomic E-state index is -0.546. The Kier molecular flexibility index (Phi) is 7.25. The average Bonchev–Trinajstić information content (AvgIpc) is 2.61. The monoisotopic (exact) mass is 376 g/mol. The fourth-order valence-corrected chi connectivity index (χ4v) is 3.30. The first-order valence-corrected chi connectivity index (χ1v) is 9.67. The molecule has 1 N–H and O–H groups in total. The topological polar surface area (TPSA) is 67.9 Å². The van der Waals surface area contributed by atoms with Crippen molar-refractivity contribution in [1.29, 1.82) is 0 Å². The molecule has 1 aromatic rings. The van der Waals surface area contributed by atoms with Gasteiger partial charge in [0.1, 0.15) is 5.60 Å². The number of esters is 1. The van der Waals surface area contributed by atoms with E-state index in [4.69, 9.17) is 9.47 Å². The Morgan fingerprint density at radius 2 is 1.93 bits per heavy atom. The lowest BCUT2D eigenvalue weighted by molar-refractivity contribution is -0.151. The van der Waals surface area contributed by atoms with E-state index in [1.54, 1.807) is 4.90 Å². The highest BCUT2D eigenvalue weighted by Crippen LogP contribution is 2.24. The summed E-state index contributed by atoms with van der Waals surface area (Å²) in [6, 6.07) is 9.90. The number of rotatable bonds is 5. The van der Waals surface area contributed by atoms with Crippen molar-refractivity contribution in [2.24, 2.45) is 5.92 Å². The first kappa shape index (κ1) is 21.2. The van der Waals surface area contributed by atoms with Gasteiger partial charge in [-0.1, -0.05) is 30.3 Å². The second kappa shape index (κ2) is 9.22. The fraction of sp³-hybridized carbons (Fsp3) is 0.619. The summed E-state index contributed by atoms with van der Waals surface area (Å²) in [5, 5.41) is 3.52. The molecular formula is C21H32N2O4. The lowest BCUT2D eigenvalue weighted by atomic mass is 9.90. The van der Waals surface area contributed by atoms with Crippen LogP contribution in [0.15, 0.2) is 30.3 Å². The maximum absolute atomic E-state index is 12.5. The van der Waals surface area contributed by atoms with Gasteiger partial charge in [-0.2, -0.15) is 0 Å². The summed E-state index contributed by atoms with van der Waals surface area (Å²) in [5.41, 5.74) is 0.587. The van der Waals surface area contributed by atoms with Crippen molar-refractivity contribution in [3.63, 3.8) is 0 Å². The SMILES string of the molecule is CCOC(=O)C1CCN(C(=O)OC(C)(C)C)CC1NC(C)c1ccccc1. The number of nitrogens with zero attached hydrogens (tertiary/aromatic N) is 1. The zero-order valence-corrected chi connectivity index (χ0v) is 17.0. The highest BCUT2D eigenvalue weighted by atomic mass is 16.6. The summed E-state index contributed by atoms with van der Waals surface area (Å²) >= 11 is 0. The van der Waals surface area contributed by atoms with Crippen LogP contribution in [0, 0.1) is 5.92 Å². The molecule has 0 aliphatic carbocycles. The van der Waals surface area contributed by atoms with Gasteiger partial charge in [0.25, 0.3) is 0 Å². The summed E-state index contributed by atoms with van der Waals surface area (Å²) in [6.45, 7) is 10.7. The Labute approximate surface area is 162 Å². The van der Waals surface area contributed by atoms with E-state index in [1.807, 2.05) is 58.0 Å². The van der Waals surface area contributed by atoms with E-state index in [2.05, 4.69) is 12.2 Å². The highest BCUT2D eigenvalue weighted by Gasteiger charge is 2.38. The van der Waals surface area contributed by atoms with Crippen molar-refractivity contribution in [2.75, 3.05) is 19.7 Å². The number of benzene rings is 1. The standard InChI is InChI=1S/C21H32N2O4/c1-6-26-19(24)17-12-13-23(20(25)27-21(3,4)5)14-18(17)22-15(2)16-10-8-7-9-11-16/h7-11,15,17-18,22H,6,12-14H2,1-5H3. The van der Waals surface area contributed by atoms with E-state index >= 15 is 0 Å². The first-order chi connectivity index (χ1) is 12.7. The van der Waals surface area contributed by atoms with Crippen LogP contribution >= 0.6 is 0 Å². The Bertz CT molecular complexity index is 627. The molecule has 0 radical (unpaired) electrons. The smallest absolute Gasteiger partial charge is 0.410 e. The Balaban J connectivity index is 2.12. The average molecular weight is 376 g/mol. The molecule has 6 heteroatoms. The van der Waals surface area contributed by atoms with Crippen LogP contribution in [0.3, 0.4) is 0 Å². The number of carbonyl (C=O) groups is 2. The molecule has 3 atom stereocenters. The van der Waals surface area contributed by atoms with Crippen LogP contribution in [-0.4, -0.2) is 48.3 Å². The molecular weight excluding hydrogens is 344 g/mol. The van der Waals surface area contributed by atoms with Crippen LogP contribution in [-0.2, 0) is 14.3 Å². The Morgan fingerprint density at radius 1 is 1.26 bits per heavy atom. The predicted molar refractivity (Wildman–Crippen MR) is 104 cm³/mol. The van der Waals surface area contributed by atoms with Crippen molar-refractivity contribution in [3.05, 3.63) is 35.9 Å². The minimum absolute atomic E-state index is 0.0479. The number of ether oxygens (including phenoxy) is 2. The molecule has 0 saturated carbocycles. The molecule has 6 nitrogen and oxygen atoms in total. The minimum Gasteiger partial charge on any atom is -0.466 e. The molecule has 0 spiro atoms. The van der Waals surface area contributed by atoms with Crippen LogP contribution in [0.5, 0.6) is 0 Å². The summed E-state index contributed by atoms with van der Waals surface area (Å²) < 4.78 is 10.8. The van der Waals surface area contributed by atoms with Crippen LogP contribution in [0.25, 0.3) is 0 Å². The van der Waals surface area contributed by atoms with E-state index in [0.29, 0.717) is 26.1 Å². The number of likely N-dealkylation sites (tertiary alicyclic amines) is 1. The van der Waals surface area contributed by atoms with Crippen LogP contribution in [0.1, 0.15) is 52.6 Å². The molecule has 0 aromatic heterocycles. The molecule has 1 heterocycles. The van der Waals surface area contributed by atoms with Gasteiger partial charge >= 0.3 is 12.1 Å². The lowest BCUT2D eigenvalue weighted by Gasteiger charge is -2.39. The Morgan fingerprint density at radius 3 is 2.52 bits per heavy atom. The van der Waals surface area contributed by atoms with Gasteiger partial charge in [0.15, 0.2) is 0 Å². The normalized spacial score (nSPS) is 21.4.